The SMILES string of the molecule is CN(Cc1ccoc1)Cc1ccc(N)cc1Br. The third-order valence-corrected chi connectivity index (χ3v) is 3.29. The average molecular weight is 295 g/mol. The van der Waals surface area contributed by atoms with Gasteiger partial charge in [0.15, 0.2) is 0 Å². The number of nitrogens with zero attached hydrogens (tertiary/aromatic N) is 1. The Labute approximate surface area is 109 Å². The van der Waals surface area contributed by atoms with E-state index in [1.165, 1.54) is 11.1 Å². The normalized spacial score (nSPS) is 11.0. The van der Waals surface area contributed by atoms with Gasteiger partial charge in [0.1, 0.15) is 0 Å². The molecular weight excluding hydrogens is 280 g/mol. The van der Waals surface area contributed by atoms with E-state index in [1.54, 1.807) is 12.5 Å². The van der Waals surface area contributed by atoms with E-state index in [4.69, 9.17) is 10.2 Å². The monoisotopic (exact) mass is 294 g/mol. The van der Waals surface area contributed by atoms with E-state index in [1.807, 2.05) is 24.3 Å². The first-order valence-electron chi connectivity index (χ1n) is 5.38. The molecule has 3 nitrogen and oxygen atoms in total. The van der Waals surface area contributed by atoms with E-state index in [2.05, 4.69) is 27.9 Å². The van der Waals surface area contributed by atoms with Gasteiger partial charge in [-0.15, -0.1) is 0 Å². The Morgan fingerprint density at radius 2 is 2.12 bits per heavy atom. The lowest BCUT2D eigenvalue weighted by Gasteiger charge is -2.16. The maximum atomic E-state index is 5.71. The van der Waals surface area contributed by atoms with Crippen LogP contribution >= 0.6 is 15.9 Å². The van der Waals surface area contributed by atoms with Crippen LogP contribution in [-0.2, 0) is 13.1 Å². The van der Waals surface area contributed by atoms with Crippen LogP contribution in [0.15, 0.2) is 45.7 Å². The fraction of sp³-hybridized carbons (Fsp3) is 0.231. The first kappa shape index (κ1) is 12.2. The summed E-state index contributed by atoms with van der Waals surface area (Å²) in [6, 6.07) is 7.88. The second kappa shape index (κ2) is 5.38. The summed E-state index contributed by atoms with van der Waals surface area (Å²) in [5.74, 6) is 0. The number of furan rings is 1. The summed E-state index contributed by atoms with van der Waals surface area (Å²) in [6.45, 7) is 1.74. The van der Waals surface area contributed by atoms with Gasteiger partial charge in [-0.3, -0.25) is 4.90 Å². The zero-order valence-electron chi connectivity index (χ0n) is 9.69. The minimum Gasteiger partial charge on any atom is -0.472 e. The fourth-order valence-corrected chi connectivity index (χ4v) is 2.25. The molecule has 0 aliphatic heterocycles. The van der Waals surface area contributed by atoms with Gasteiger partial charge in [0.2, 0.25) is 0 Å². The molecule has 2 rings (SSSR count). The van der Waals surface area contributed by atoms with Gasteiger partial charge in [0, 0.05) is 28.8 Å². The predicted molar refractivity (Wildman–Crippen MR) is 72.4 cm³/mol. The Bertz CT molecular complexity index is 482. The van der Waals surface area contributed by atoms with Crippen LogP contribution in [0, 0.1) is 0 Å². The molecule has 1 aromatic carbocycles. The molecule has 0 saturated carbocycles. The molecule has 1 heterocycles. The Hall–Kier alpha value is -1.26. The van der Waals surface area contributed by atoms with Gasteiger partial charge < -0.3 is 10.2 Å². The van der Waals surface area contributed by atoms with Crippen molar-refractivity contribution in [3.05, 3.63) is 52.4 Å². The van der Waals surface area contributed by atoms with Gasteiger partial charge >= 0.3 is 0 Å². The molecule has 0 unspecified atom stereocenters. The van der Waals surface area contributed by atoms with Crippen molar-refractivity contribution in [3.8, 4) is 0 Å². The molecule has 0 saturated heterocycles. The summed E-state index contributed by atoms with van der Waals surface area (Å²) >= 11 is 3.53. The summed E-state index contributed by atoms with van der Waals surface area (Å²) in [5, 5.41) is 0. The number of nitrogens with two attached hydrogens (primary N) is 1. The molecular formula is C13H15BrN2O. The van der Waals surface area contributed by atoms with Gasteiger partial charge in [-0.05, 0) is 30.8 Å². The Morgan fingerprint density at radius 1 is 1.29 bits per heavy atom. The molecule has 0 atom stereocenters. The Kier molecular flexibility index (Phi) is 3.86. The number of rotatable bonds is 4. The first-order valence-corrected chi connectivity index (χ1v) is 6.18. The highest BCUT2D eigenvalue weighted by molar-refractivity contribution is 9.10. The predicted octanol–water partition coefficient (Wildman–Crippen LogP) is 3.26. The minimum absolute atomic E-state index is 0.776. The third kappa shape index (κ3) is 3.35. The quantitative estimate of drug-likeness (QED) is 0.880. The van der Waals surface area contributed by atoms with Crippen molar-refractivity contribution in [3.63, 3.8) is 0 Å². The van der Waals surface area contributed by atoms with Crippen LogP contribution in [0.1, 0.15) is 11.1 Å². The van der Waals surface area contributed by atoms with Crippen molar-refractivity contribution in [2.45, 2.75) is 13.1 Å². The third-order valence-electron chi connectivity index (χ3n) is 2.55. The van der Waals surface area contributed by atoms with E-state index < -0.39 is 0 Å². The second-order valence-corrected chi connectivity index (χ2v) is 5.01. The minimum atomic E-state index is 0.776. The van der Waals surface area contributed by atoms with E-state index in [0.717, 1.165) is 23.2 Å². The molecule has 0 aliphatic carbocycles. The van der Waals surface area contributed by atoms with Crippen molar-refractivity contribution in [1.29, 1.82) is 0 Å². The van der Waals surface area contributed by atoms with E-state index in [-0.39, 0.29) is 0 Å². The summed E-state index contributed by atoms with van der Waals surface area (Å²) in [6.07, 6.45) is 3.47. The van der Waals surface area contributed by atoms with Crippen LogP contribution in [0.3, 0.4) is 0 Å². The second-order valence-electron chi connectivity index (χ2n) is 4.15. The van der Waals surface area contributed by atoms with Crippen LogP contribution in [0.4, 0.5) is 5.69 Å². The van der Waals surface area contributed by atoms with E-state index in [9.17, 15) is 0 Å². The Balaban J connectivity index is 2.00. The van der Waals surface area contributed by atoms with Crippen LogP contribution in [-0.4, -0.2) is 11.9 Å². The lowest BCUT2D eigenvalue weighted by Crippen LogP contribution is -2.17. The van der Waals surface area contributed by atoms with Gasteiger partial charge in [0.05, 0.1) is 12.5 Å². The van der Waals surface area contributed by atoms with Crippen LogP contribution < -0.4 is 5.73 Å². The Morgan fingerprint density at radius 3 is 2.76 bits per heavy atom. The van der Waals surface area contributed by atoms with Gasteiger partial charge in [-0.25, -0.2) is 0 Å². The van der Waals surface area contributed by atoms with Crippen molar-refractivity contribution >= 4 is 21.6 Å². The molecule has 0 aliphatic rings. The zero-order valence-corrected chi connectivity index (χ0v) is 11.3. The number of hydrogen-bond acceptors (Lipinski definition) is 3. The van der Waals surface area contributed by atoms with Crippen molar-refractivity contribution in [2.24, 2.45) is 0 Å². The molecule has 0 amide bonds. The van der Waals surface area contributed by atoms with E-state index >= 15 is 0 Å². The number of nitrogen functional groups attached to an aromatic ring is 1. The molecule has 4 heteroatoms. The van der Waals surface area contributed by atoms with Crippen molar-refractivity contribution in [2.75, 3.05) is 12.8 Å². The number of benzene rings is 1. The molecule has 0 radical (unpaired) electrons. The molecule has 0 spiro atoms. The molecule has 0 fully saturated rings. The molecule has 90 valence electrons. The molecule has 17 heavy (non-hydrogen) atoms. The maximum absolute atomic E-state index is 5.71. The molecule has 2 N–H and O–H groups in total. The van der Waals surface area contributed by atoms with Crippen LogP contribution in [0.2, 0.25) is 0 Å². The highest BCUT2D eigenvalue weighted by Gasteiger charge is 2.06. The standard InChI is InChI=1S/C13H15BrN2O/c1-16(7-10-4-5-17-9-10)8-11-2-3-12(15)6-13(11)14/h2-6,9H,7-8,15H2,1H3. The molecule has 2 aromatic rings. The maximum Gasteiger partial charge on any atom is 0.0947 e. The van der Waals surface area contributed by atoms with Crippen LogP contribution in [0.5, 0.6) is 0 Å². The lowest BCUT2D eigenvalue weighted by atomic mass is 10.2. The summed E-state index contributed by atoms with van der Waals surface area (Å²) < 4.78 is 6.10. The zero-order chi connectivity index (χ0) is 12.3. The molecule has 0 bridgehead atoms. The van der Waals surface area contributed by atoms with Gasteiger partial charge in [0.25, 0.3) is 0 Å². The summed E-state index contributed by atoms with van der Waals surface area (Å²) in [4.78, 5) is 2.22. The number of hydrogen-bond donors (Lipinski definition) is 1. The van der Waals surface area contributed by atoms with E-state index in [0.29, 0.717) is 0 Å². The van der Waals surface area contributed by atoms with Gasteiger partial charge in [-0.1, -0.05) is 22.0 Å². The lowest BCUT2D eigenvalue weighted by molar-refractivity contribution is 0.317. The van der Waals surface area contributed by atoms with Crippen molar-refractivity contribution in [1.82, 2.24) is 4.90 Å². The molecule has 1 aromatic heterocycles. The topological polar surface area (TPSA) is 42.4 Å². The largest absolute Gasteiger partial charge is 0.472 e. The van der Waals surface area contributed by atoms with Crippen molar-refractivity contribution < 1.29 is 4.42 Å². The highest BCUT2D eigenvalue weighted by Crippen LogP contribution is 2.21. The average Bonchev–Trinajstić information content (AvgIpc) is 2.75. The van der Waals surface area contributed by atoms with Gasteiger partial charge in [-0.2, -0.15) is 0 Å². The number of anilines is 1. The first-order chi connectivity index (χ1) is 8.15. The fourth-order valence-electron chi connectivity index (χ4n) is 1.73. The smallest absolute Gasteiger partial charge is 0.0947 e. The summed E-state index contributed by atoms with van der Waals surface area (Å²) in [5.41, 5.74) is 8.89. The highest BCUT2D eigenvalue weighted by atomic mass is 79.9. The van der Waals surface area contributed by atoms with Crippen LogP contribution in [0.25, 0.3) is 0 Å². The summed E-state index contributed by atoms with van der Waals surface area (Å²) in [7, 11) is 2.08. The number of halogens is 1.